The number of halogens is 1. The number of aromatic nitrogens is 4. The minimum absolute atomic E-state index is 0.266. The number of aliphatic hydroxyl groups is 1. The first-order valence-electron chi connectivity index (χ1n) is 13.2. The van der Waals surface area contributed by atoms with Crippen molar-refractivity contribution in [3.05, 3.63) is 66.4 Å². The van der Waals surface area contributed by atoms with Gasteiger partial charge in [0, 0.05) is 49.9 Å². The van der Waals surface area contributed by atoms with Crippen molar-refractivity contribution in [2.75, 3.05) is 36.4 Å². The predicted molar refractivity (Wildman–Crippen MR) is 152 cm³/mol. The SMILES string of the molecule is CC(C)(C)OC(=O)N1CCN(c2ccc(Nc3ncc4c(F)cn(-c5cccc(C(C)(C)O)n5)c4n3)cc2)CC1. The van der Waals surface area contributed by atoms with E-state index in [0.29, 0.717) is 49.3 Å². The molecular weight excluding hydrogens is 513 g/mol. The van der Waals surface area contributed by atoms with Gasteiger partial charge in [-0.1, -0.05) is 6.07 Å². The normalized spacial score (nSPS) is 14.5. The molecule has 1 aromatic carbocycles. The number of carbonyl (C=O) groups excluding carboxylic acids is 1. The second kappa shape index (κ2) is 10.4. The van der Waals surface area contributed by atoms with E-state index in [9.17, 15) is 14.3 Å². The predicted octanol–water partition coefficient (Wildman–Crippen LogP) is 4.98. The highest BCUT2D eigenvalue weighted by atomic mass is 19.1. The lowest BCUT2D eigenvalue weighted by Gasteiger charge is -2.36. The number of fused-ring (bicyclic) bond motifs is 1. The maximum Gasteiger partial charge on any atom is 0.410 e. The molecule has 0 unspecified atom stereocenters. The van der Waals surface area contributed by atoms with Crippen LogP contribution in [0.3, 0.4) is 0 Å². The Bertz CT molecular complexity index is 1520. The first kappa shape index (κ1) is 27.3. The van der Waals surface area contributed by atoms with Gasteiger partial charge in [0.15, 0.2) is 11.5 Å². The number of amides is 1. The van der Waals surface area contributed by atoms with E-state index >= 15 is 0 Å². The molecule has 10 nitrogen and oxygen atoms in total. The van der Waals surface area contributed by atoms with Gasteiger partial charge >= 0.3 is 6.09 Å². The van der Waals surface area contributed by atoms with Crippen LogP contribution in [-0.2, 0) is 10.3 Å². The average Bonchev–Trinajstić information content (AvgIpc) is 3.23. The summed E-state index contributed by atoms with van der Waals surface area (Å²) in [4.78, 5) is 29.7. The molecule has 4 heterocycles. The quantitative estimate of drug-likeness (QED) is 0.360. The lowest BCUT2D eigenvalue weighted by Crippen LogP contribution is -2.50. The van der Waals surface area contributed by atoms with E-state index in [1.807, 2.05) is 45.0 Å². The topological polar surface area (TPSA) is 109 Å². The summed E-state index contributed by atoms with van der Waals surface area (Å²) in [5, 5.41) is 13.8. The Hall–Kier alpha value is -4.25. The fourth-order valence-electron chi connectivity index (χ4n) is 4.46. The fraction of sp³-hybridized carbons (Fsp3) is 0.379. The Kier molecular flexibility index (Phi) is 7.09. The van der Waals surface area contributed by atoms with Crippen LogP contribution in [0.1, 0.15) is 40.3 Å². The summed E-state index contributed by atoms with van der Waals surface area (Å²) in [6, 6.07) is 13.1. The largest absolute Gasteiger partial charge is 0.444 e. The molecule has 2 N–H and O–H groups in total. The van der Waals surface area contributed by atoms with Crippen molar-refractivity contribution in [2.24, 2.45) is 0 Å². The first-order chi connectivity index (χ1) is 18.9. The summed E-state index contributed by atoms with van der Waals surface area (Å²) in [5.74, 6) is 0.284. The summed E-state index contributed by atoms with van der Waals surface area (Å²) in [6.45, 7) is 11.5. The van der Waals surface area contributed by atoms with Crippen molar-refractivity contribution in [1.82, 2.24) is 24.4 Å². The molecule has 210 valence electrons. The zero-order valence-corrected chi connectivity index (χ0v) is 23.3. The number of carbonyl (C=O) groups is 1. The van der Waals surface area contributed by atoms with Gasteiger partial charge in [0.05, 0.1) is 11.1 Å². The molecule has 1 fully saturated rings. The smallest absolute Gasteiger partial charge is 0.410 e. The summed E-state index contributed by atoms with van der Waals surface area (Å²) in [6.07, 6.45) is 2.47. The number of hydrogen-bond donors (Lipinski definition) is 2. The van der Waals surface area contributed by atoms with E-state index in [0.717, 1.165) is 11.4 Å². The van der Waals surface area contributed by atoms with Gasteiger partial charge in [0.25, 0.3) is 0 Å². The monoisotopic (exact) mass is 547 g/mol. The summed E-state index contributed by atoms with van der Waals surface area (Å²) < 4.78 is 21.7. The molecular formula is C29H34FN7O3. The van der Waals surface area contributed by atoms with Crippen molar-refractivity contribution in [1.29, 1.82) is 0 Å². The van der Waals surface area contributed by atoms with Crippen molar-refractivity contribution in [2.45, 2.75) is 45.8 Å². The van der Waals surface area contributed by atoms with Crippen molar-refractivity contribution >= 4 is 34.4 Å². The number of hydrogen-bond acceptors (Lipinski definition) is 8. The molecule has 40 heavy (non-hydrogen) atoms. The van der Waals surface area contributed by atoms with E-state index in [1.165, 1.54) is 12.4 Å². The summed E-state index contributed by atoms with van der Waals surface area (Å²) in [7, 11) is 0. The van der Waals surface area contributed by atoms with E-state index in [2.05, 4.69) is 25.2 Å². The van der Waals surface area contributed by atoms with Crippen LogP contribution in [0, 0.1) is 5.82 Å². The van der Waals surface area contributed by atoms with E-state index in [4.69, 9.17) is 4.74 Å². The van der Waals surface area contributed by atoms with E-state index in [-0.39, 0.29) is 11.5 Å². The third kappa shape index (κ3) is 5.99. The van der Waals surface area contributed by atoms with Crippen LogP contribution in [0.25, 0.3) is 16.9 Å². The van der Waals surface area contributed by atoms with Gasteiger partial charge < -0.3 is 25.0 Å². The Balaban J connectivity index is 1.29. The molecule has 0 saturated carbocycles. The van der Waals surface area contributed by atoms with Gasteiger partial charge in [0.1, 0.15) is 17.0 Å². The zero-order valence-electron chi connectivity index (χ0n) is 23.3. The Morgan fingerprint density at radius 1 is 1.00 bits per heavy atom. The lowest BCUT2D eigenvalue weighted by molar-refractivity contribution is 0.0240. The molecule has 4 aromatic rings. The highest BCUT2D eigenvalue weighted by Crippen LogP contribution is 2.26. The molecule has 0 atom stereocenters. The molecule has 0 aliphatic carbocycles. The Morgan fingerprint density at radius 3 is 2.35 bits per heavy atom. The Morgan fingerprint density at radius 2 is 1.70 bits per heavy atom. The van der Waals surface area contributed by atoms with Gasteiger partial charge in [-0.15, -0.1) is 0 Å². The molecule has 1 amide bonds. The standard InChI is InChI=1S/C29H34FN7O3/c1-28(2,3)40-27(38)36-15-13-35(14-16-36)20-11-9-19(10-12-20)32-26-31-17-21-22(30)18-37(25(21)34-26)24-8-6-7-23(33-24)29(4,5)39/h6-12,17-18,39H,13-16H2,1-5H3,(H,31,32,34). The maximum atomic E-state index is 14.7. The molecule has 1 aliphatic heterocycles. The summed E-state index contributed by atoms with van der Waals surface area (Å²) >= 11 is 0. The van der Waals surface area contributed by atoms with Gasteiger partial charge in [-0.05, 0) is 71.0 Å². The minimum atomic E-state index is -1.14. The molecule has 5 rings (SSSR count). The molecule has 3 aromatic heterocycles. The number of nitrogens with one attached hydrogen (secondary N) is 1. The number of pyridine rings is 1. The van der Waals surface area contributed by atoms with Gasteiger partial charge in [-0.25, -0.2) is 19.2 Å². The number of piperazine rings is 1. The molecule has 1 aliphatic rings. The first-order valence-corrected chi connectivity index (χ1v) is 13.2. The number of anilines is 3. The van der Waals surface area contributed by atoms with E-state index < -0.39 is 17.0 Å². The molecule has 0 radical (unpaired) electrons. The van der Waals surface area contributed by atoms with Crippen LogP contribution >= 0.6 is 0 Å². The second-order valence-electron chi connectivity index (χ2n) is 11.3. The van der Waals surface area contributed by atoms with Gasteiger partial charge in [-0.2, -0.15) is 4.98 Å². The van der Waals surface area contributed by atoms with E-state index in [1.54, 1.807) is 41.5 Å². The van der Waals surface area contributed by atoms with Crippen LogP contribution in [0.15, 0.2) is 54.9 Å². The van der Waals surface area contributed by atoms with Crippen LogP contribution in [0.5, 0.6) is 0 Å². The third-order valence-corrected chi connectivity index (χ3v) is 6.52. The highest BCUT2D eigenvalue weighted by molar-refractivity contribution is 5.79. The van der Waals surface area contributed by atoms with Crippen LogP contribution in [-0.4, -0.2) is 67.4 Å². The van der Waals surface area contributed by atoms with Gasteiger partial charge in [0.2, 0.25) is 5.95 Å². The fourth-order valence-corrected chi connectivity index (χ4v) is 4.46. The van der Waals surface area contributed by atoms with Gasteiger partial charge in [-0.3, -0.25) is 4.57 Å². The van der Waals surface area contributed by atoms with Crippen molar-refractivity contribution < 1.29 is 19.0 Å². The molecule has 0 spiro atoms. The molecule has 1 saturated heterocycles. The number of nitrogens with zero attached hydrogens (tertiary/aromatic N) is 6. The average molecular weight is 548 g/mol. The van der Waals surface area contributed by atoms with Crippen LogP contribution in [0.4, 0.5) is 26.5 Å². The molecule has 11 heteroatoms. The summed E-state index contributed by atoms with van der Waals surface area (Å²) in [5.41, 5.74) is 0.982. The van der Waals surface area contributed by atoms with Crippen molar-refractivity contribution in [3.63, 3.8) is 0 Å². The third-order valence-electron chi connectivity index (χ3n) is 6.52. The van der Waals surface area contributed by atoms with Crippen molar-refractivity contribution in [3.8, 4) is 5.82 Å². The lowest BCUT2D eigenvalue weighted by atomic mass is 10.1. The Labute approximate surface area is 232 Å². The number of rotatable bonds is 5. The second-order valence-corrected chi connectivity index (χ2v) is 11.3. The maximum absolute atomic E-state index is 14.7. The highest BCUT2D eigenvalue weighted by Gasteiger charge is 2.26. The number of ether oxygens (including phenoxy) is 1. The van der Waals surface area contributed by atoms with Crippen LogP contribution < -0.4 is 10.2 Å². The zero-order chi connectivity index (χ0) is 28.7. The van der Waals surface area contributed by atoms with Crippen LogP contribution in [0.2, 0.25) is 0 Å². The minimum Gasteiger partial charge on any atom is -0.444 e. The molecule has 0 bridgehead atoms. The number of benzene rings is 1.